The number of nitrogens with zero attached hydrogens (tertiary/aromatic N) is 1. The Hall–Kier alpha value is -1.88. The molecule has 0 spiro atoms. The van der Waals surface area contributed by atoms with Gasteiger partial charge >= 0.3 is 0 Å². The van der Waals surface area contributed by atoms with Crippen molar-refractivity contribution in [1.82, 2.24) is 4.98 Å². The molecule has 0 aliphatic heterocycles. The van der Waals surface area contributed by atoms with Crippen molar-refractivity contribution in [3.63, 3.8) is 0 Å². The lowest BCUT2D eigenvalue weighted by Crippen LogP contribution is -2.13. The molecule has 4 nitrogen and oxygen atoms in total. The Bertz CT molecular complexity index is 584. The summed E-state index contributed by atoms with van der Waals surface area (Å²) in [7, 11) is 0. The van der Waals surface area contributed by atoms with Crippen LogP contribution < -0.4 is 11.1 Å². The first kappa shape index (κ1) is 12.6. The lowest BCUT2D eigenvalue weighted by Gasteiger charge is -2.10. The summed E-state index contributed by atoms with van der Waals surface area (Å²) >= 11 is 1.39. The van der Waals surface area contributed by atoms with Crippen LogP contribution in [0.15, 0.2) is 18.2 Å². The van der Waals surface area contributed by atoms with Gasteiger partial charge in [0.1, 0.15) is 4.88 Å². The van der Waals surface area contributed by atoms with Crippen LogP contribution >= 0.6 is 11.3 Å². The number of anilines is 2. The molecule has 2 aromatic rings. The second-order valence-corrected chi connectivity index (χ2v) is 5.34. The lowest BCUT2D eigenvalue weighted by atomic mass is 10.1. The number of nitrogen functional groups attached to an aromatic ring is 1. The van der Waals surface area contributed by atoms with E-state index in [0.717, 1.165) is 16.3 Å². The van der Waals surface area contributed by atoms with Crippen molar-refractivity contribution in [2.24, 2.45) is 0 Å². The molecule has 0 radical (unpaired) electrons. The standard InChI is InChI=1S/C13H15N3OS/c1-7-5-4-6-10(14)11(7)16-13(17)12-8(2)15-9(3)18-12/h4-6H,14H2,1-3H3,(H,16,17). The first-order valence-corrected chi connectivity index (χ1v) is 6.41. The summed E-state index contributed by atoms with van der Waals surface area (Å²) in [5.41, 5.74) is 8.81. The Kier molecular flexibility index (Phi) is 3.34. The van der Waals surface area contributed by atoms with Gasteiger partial charge in [-0.1, -0.05) is 12.1 Å². The number of aryl methyl sites for hydroxylation is 3. The van der Waals surface area contributed by atoms with Gasteiger partial charge < -0.3 is 11.1 Å². The Morgan fingerprint density at radius 1 is 1.33 bits per heavy atom. The Morgan fingerprint density at radius 3 is 2.61 bits per heavy atom. The van der Waals surface area contributed by atoms with Gasteiger partial charge in [-0.15, -0.1) is 11.3 Å². The highest BCUT2D eigenvalue weighted by Crippen LogP contribution is 2.25. The van der Waals surface area contributed by atoms with E-state index in [2.05, 4.69) is 10.3 Å². The van der Waals surface area contributed by atoms with Gasteiger partial charge in [0.15, 0.2) is 0 Å². The maximum absolute atomic E-state index is 12.2. The molecule has 0 saturated heterocycles. The minimum absolute atomic E-state index is 0.154. The Morgan fingerprint density at radius 2 is 2.06 bits per heavy atom. The fraction of sp³-hybridized carbons (Fsp3) is 0.231. The normalized spacial score (nSPS) is 10.4. The van der Waals surface area contributed by atoms with E-state index in [9.17, 15) is 4.79 Å². The smallest absolute Gasteiger partial charge is 0.267 e. The van der Waals surface area contributed by atoms with Crippen LogP contribution in [-0.2, 0) is 0 Å². The first-order valence-electron chi connectivity index (χ1n) is 5.59. The molecule has 1 aromatic carbocycles. The molecule has 0 atom stereocenters. The molecule has 0 saturated carbocycles. The molecular weight excluding hydrogens is 246 g/mol. The molecule has 0 fully saturated rings. The molecule has 94 valence electrons. The van der Waals surface area contributed by atoms with Crippen molar-refractivity contribution in [2.75, 3.05) is 11.1 Å². The molecule has 18 heavy (non-hydrogen) atoms. The van der Waals surface area contributed by atoms with Gasteiger partial charge in [0.05, 0.1) is 22.1 Å². The van der Waals surface area contributed by atoms with E-state index >= 15 is 0 Å². The largest absolute Gasteiger partial charge is 0.397 e. The van der Waals surface area contributed by atoms with Crippen LogP contribution in [0.2, 0.25) is 0 Å². The van der Waals surface area contributed by atoms with Crippen LogP contribution in [0, 0.1) is 20.8 Å². The average Bonchev–Trinajstić information content (AvgIpc) is 2.63. The van der Waals surface area contributed by atoms with E-state index in [4.69, 9.17) is 5.73 Å². The van der Waals surface area contributed by atoms with Crippen molar-refractivity contribution in [3.8, 4) is 0 Å². The van der Waals surface area contributed by atoms with Gasteiger partial charge in [-0.25, -0.2) is 4.98 Å². The van der Waals surface area contributed by atoms with Crippen LogP contribution in [0.5, 0.6) is 0 Å². The topological polar surface area (TPSA) is 68.0 Å². The Labute approximate surface area is 110 Å². The maximum atomic E-state index is 12.2. The molecule has 1 amide bonds. The molecule has 1 aromatic heterocycles. The van der Waals surface area contributed by atoms with E-state index in [1.54, 1.807) is 6.07 Å². The van der Waals surface area contributed by atoms with Crippen LogP contribution in [0.1, 0.15) is 25.9 Å². The highest BCUT2D eigenvalue weighted by atomic mass is 32.1. The van der Waals surface area contributed by atoms with Gasteiger partial charge in [-0.3, -0.25) is 4.79 Å². The summed E-state index contributed by atoms with van der Waals surface area (Å²) in [5.74, 6) is -0.154. The number of rotatable bonds is 2. The maximum Gasteiger partial charge on any atom is 0.267 e. The van der Waals surface area contributed by atoms with Crippen molar-refractivity contribution in [3.05, 3.63) is 39.3 Å². The molecule has 0 bridgehead atoms. The zero-order valence-corrected chi connectivity index (χ0v) is 11.4. The summed E-state index contributed by atoms with van der Waals surface area (Å²) in [6, 6.07) is 5.55. The van der Waals surface area contributed by atoms with Gasteiger partial charge in [-0.2, -0.15) is 0 Å². The van der Waals surface area contributed by atoms with Crippen molar-refractivity contribution in [1.29, 1.82) is 0 Å². The van der Waals surface area contributed by atoms with Crippen LogP contribution in [0.25, 0.3) is 0 Å². The summed E-state index contributed by atoms with van der Waals surface area (Å²) in [5, 5.41) is 3.74. The number of hydrogen-bond donors (Lipinski definition) is 2. The number of hydrogen-bond acceptors (Lipinski definition) is 4. The predicted octanol–water partition coefficient (Wildman–Crippen LogP) is 2.90. The summed E-state index contributed by atoms with van der Waals surface area (Å²) in [6.45, 7) is 5.63. The van der Waals surface area contributed by atoms with E-state index < -0.39 is 0 Å². The number of thiazole rings is 1. The SMILES string of the molecule is Cc1nc(C)c(C(=O)Nc2c(C)cccc2N)s1. The molecule has 0 unspecified atom stereocenters. The van der Waals surface area contributed by atoms with E-state index in [1.165, 1.54) is 11.3 Å². The van der Waals surface area contributed by atoms with E-state index in [-0.39, 0.29) is 5.91 Å². The van der Waals surface area contributed by atoms with Crippen LogP contribution in [0.4, 0.5) is 11.4 Å². The third-order valence-corrected chi connectivity index (χ3v) is 3.72. The van der Waals surface area contributed by atoms with Crippen molar-refractivity contribution < 1.29 is 4.79 Å². The molecule has 0 aliphatic carbocycles. The first-order chi connectivity index (χ1) is 8.49. The van der Waals surface area contributed by atoms with Gasteiger partial charge in [0.25, 0.3) is 5.91 Å². The van der Waals surface area contributed by atoms with Crippen LogP contribution in [-0.4, -0.2) is 10.9 Å². The molecular formula is C13H15N3OS. The third-order valence-electron chi connectivity index (χ3n) is 2.65. The molecule has 2 rings (SSSR count). The number of carbonyl (C=O) groups excluding carboxylic acids is 1. The molecule has 1 heterocycles. The number of benzene rings is 1. The molecule has 5 heteroatoms. The van der Waals surface area contributed by atoms with Gasteiger partial charge in [0, 0.05) is 0 Å². The summed E-state index contributed by atoms with van der Waals surface area (Å²) in [6.07, 6.45) is 0. The lowest BCUT2D eigenvalue weighted by molar-refractivity contribution is 0.103. The van der Waals surface area contributed by atoms with Crippen molar-refractivity contribution >= 4 is 28.6 Å². The third kappa shape index (κ3) is 2.36. The highest BCUT2D eigenvalue weighted by Gasteiger charge is 2.15. The zero-order chi connectivity index (χ0) is 13.3. The van der Waals surface area contributed by atoms with Gasteiger partial charge in [0.2, 0.25) is 0 Å². The number of amides is 1. The summed E-state index contributed by atoms with van der Waals surface area (Å²) in [4.78, 5) is 17.0. The summed E-state index contributed by atoms with van der Waals surface area (Å²) < 4.78 is 0. The fourth-order valence-corrected chi connectivity index (χ4v) is 2.59. The number of nitrogens with one attached hydrogen (secondary N) is 1. The predicted molar refractivity (Wildman–Crippen MR) is 75.1 cm³/mol. The fourth-order valence-electron chi connectivity index (χ4n) is 1.77. The zero-order valence-electron chi connectivity index (χ0n) is 10.6. The number of aromatic nitrogens is 1. The Balaban J connectivity index is 2.30. The van der Waals surface area contributed by atoms with Gasteiger partial charge in [-0.05, 0) is 32.4 Å². The quantitative estimate of drug-likeness (QED) is 0.817. The van der Waals surface area contributed by atoms with E-state index in [0.29, 0.717) is 16.3 Å². The van der Waals surface area contributed by atoms with Crippen LogP contribution in [0.3, 0.4) is 0 Å². The second-order valence-electron chi connectivity index (χ2n) is 4.14. The van der Waals surface area contributed by atoms with Crippen molar-refractivity contribution in [2.45, 2.75) is 20.8 Å². The van der Waals surface area contributed by atoms with E-state index in [1.807, 2.05) is 32.9 Å². The highest BCUT2D eigenvalue weighted by molar-refractivity contribution is 7.13. The second kappa shape index (κ2) is 4.78. The molecule has 3 N–H and O–H groups in total. The monoisotopic (exact) mass is 261 g/mol. The number of para-hydroxylation sites is 1. The number of carbonyl (C=O) groups is 1. The molecule has 0 aliphatic rings. The number of nitrogens with two attached hydrogens (primary N) is 1. The average molecular weight is 261 g/mol. The minimum atomic E-state index is -0.154. The minimum Gasteiger partial charge on any atom is -0.397 e.